The summed E-state index contributed by atoms with van der Waals surface area (Å²) >= 11 is 1.68. The van der Waals surface area contributed by atoms with Gasteiger partial charge in [-0.15, -0.1) is 11.3 Å². The number of benzene rings is 1. The predicted molar refractivity (Wildman–Crippen MR) is 101 cm³/mol. The van der Waals surface area contributed by atoms with E-state index in [9.17, 15) is 10.1 Å². The molecule has 4 rings (SSSR count). The quantitative estimate of drug-likeness (QED) is 0.777. The highest BCUT2D eigenvalue weighted by Gasteiger charge is 2.32. The molecule has 1 aliphatic carbocycles. The number of rotatable bonds is 2. The van der Waals surface area contributed by atoms with Crippen LogP contribution in [0.4, 0.5) is 5.00 Å². The zero-order chi connectivity index (χ0) is 17.4. The fraction of sp³-hybridized carbons (Fsp3) is 0.350. The van der Waals surface area contributed by atoms with Gasteiger partial charge in [-0.05, 0) is 44.2 Å². The van der Waals surface area contributed by atoms with Gasteiger partial charge in [0.1, 0.15) is 18.1 Å². The highest BCUT2D eigenvalue weighted by molar-refractivity contribution is 7.17. The molecule has 1 amide bonds. The molecular weight excluding hydrogens is 330 g/mol. The van der Waals surface area contributed by atoms with Gasteiger partial charge in [0.25, 0.3) is 0 Å². The SMILES string of the molecule is Cc1cccc(C2=NCC(=O)N(CC#N)c3sc4c(c32)CCCC4)c1. The minimum absolute atomic E-state index is 0.0852. The monoisotopic (exact) mass is 349 g/mol. The van der Waals surface area contributed by atoms with Crippen LogP contribution in [0, 0.1) is 18.3 Å². The maximum absolute atomic E-state index is 12.6. The second-order valence-electron chi connectivity index (χ2n) is 6.56. The lowest BCUT2D eigenvalue weighted by molar-refractivity contribution is -0.117. The molecule has 0 bridgehead atoms. The normalized spacial score (nSPS) is 16.6. The Balaban J connectivity index is 1.95. The van der Waals surface area contributed by atoms with Gasteiger partial charge in [-0.25, -0.2) is 0 Å². The number of amides is 1. The summed E-state index contributed by atoms with van der Waals surface area (Å²) in [6, 6.07) is 10.4. The van der Waals surface area contributed by atoms with E-state index in [0.29, 0.717) is 0 Å². The first kappa shape index (κ1) is 16.0. The topological polar surface area (TPSA) is 56.5 Å². The molecule has 1 aromatic carbocycles. The van der Waals surface area contributed by atoms with Crippen molar-refractivity contribution in [1.82, 2.24) is 0 Å². The van der Waals surface area contributed by atoms with Gasteiger partial charge < -0.3 is 0 Å². The first-order valence-corrected chi connectivity index (χ1v) is 9.44. The minimum Gasteiger partial charge on any atom is -0.288 e. The number of hydrogen-bond donors (Lipinski definition) is 0. The summed E-state index contributed by atoms with van der Waals surface area (Å²) in [4.78, 5) is 20.3. The molecule has 0 saturated heterocycles. The van der Waals surface area contributed by atoms with Gasteiger partial charge in [0, 0.05) is 16.0 Å². The largest absolute Gasteiger partial charge is 0.288 e. The number of thiophene rings is 1. The number of carbonyl (C=O) groups is 1. The van der Waals surface area contributed by atoms with E-state index in [1.165, 1.54) is 28.8 Å². The number of aliphatic imine (C=N–C) groups is 1. The Morgan fingerprint density at radius 1 is 1.32 bits per heavy atom. The predicted octanol–water partition coefficient (Wildman–Crippen LogP) is 3.64. The summed E-state index contributed by atoms with van der Waals surface area (Å²) in [7, 11) is 0. The Morgan fingerprint density at radius 3 is 2.96 bits per heavy atom. The van der Waals surface area contributed by atoms with E-state index in [0.717, 1.165) is 34.7 Å². The lowest BCUT2D eigenvalue weighted by Crippen LogP contribution is -2.32. The molecule has 2 heterocycles. The minimum atomic E-state index is -0.0935. The van der Waals surface area contributed by atoms with E-state index in [-0.39, 0.29) is 19.0 Å². The van der Waals surface area contributed by atoms with Gasteiger partial charge in [-0.2, -0.15) is 5.26 Å². The number of fused-ring (bicyclic) bond motifs is 3. The van der Waals surface area contributed by atoms with Crippen molar-refractivity contribution in [3.05, 3.63) is 51.4 Å². The molecule has 1 aromatic heterocycles. The van der Waals surface area contributed by atoms with Crippen LogP contribution in [-0.4, -0.2) is 24.7 Å². The second-order valence-corrected chi connectivity index (χ2v) is 7.65. The Kier molecular flexibility index (Phi) is 4.14. The summed E-state index contributed by atoms with van der Waals surface area (Å²) in [6.07, 6.45) is 4.45. The molecule has 2 aromatic rings. The summed E-state index contributed by atoms with van der Waals surface area (Å²) in [5, 5.41) is 10.1. The Labute approximate surface area is 151 Å². The molecule has 5 heteroatoms. The van der Waals surface area contributed by atoms with Gasteiger partial charge >= 0.3 is 0 Å². The number of nitriles is 1. The van der Waals surface area contributed by atoms with Crippen LogP contribution >= 0.6 is 11.3 Å². The van der Waals surface area contributed by atoms with Crippen LogP contribution in [-0.2, 0) is 17.6 Å². The van der Waals surface area contributed by atoms with Crippen LogP contribution in [0.1, 0.15) is 40.0 Å². The highest BCUT2D eigenvalue weighted by Crippen LogP contribution is 2.42. The standard InChI is InChI=1S/C20H19N3OS/c1-13-5-4-6-14(11-13)19-18-15-7-2-3-8-16(15)25-20(18)23(10-9-21)17(24)12-22-19/h4-6,11H,2-3,7-8,10,12H2,1H3. The first-order valence-electron chi connectivity index (χ1n) is 8.62. The summed E-state index contributed by atoms with van der Waals surface area (Å²) in [5.74, 6) is -0.0935. The molecule has 0 unspecified atom stereocenters. The fourth-order valence-corrected chi connectivity index (χ4v) is 5.07. The summed E-state index contributed by atoms with van der Waals surface area (Å²) in [6.45, 7) is 2.25. The van der Waals surface area contributed by atoms with Crippen molar-refractivity contribution >= 4 is 28.0 Å². The lowest BCUT2D eigenvalue weighted by Gasteiger charge is -2.17. The Morgan fingerprint density at radius 2 is 2.16 bits per heavy atom. The average Bonchev–Trinajstić information content (AvgIpc) is 2.93. The zero-order valence-corrected chi connectivity index (χ0v) is 15.0. The van der Waals surface area contributed by atoms with E-state index in [1.807, 2.05) is 6.07 Å². The number of hydrogen-bond acceptors (Lipinski definition) is 4. The van der Waals surface area contributed by atoms with Crippen molar-refractivity contribution < 1.29 is 4.79 Å². The molecule has 0 fully saturated rings. The third kappa shape index (κ3) is 2.77. The van der Waals surface area contributed by atoms with Gasteiger partial charge in [0.2, 0.25) is 5.91 Å². The molecule has 4 nitrogen and oxygen atoms in total. The van der Waals surface area contributed by atoms with Crippen molar-refractivity contribution in [2.45, 2.75) is 32.6 Å². The van der Waals surface area contributed by atoms with Crippen LogP contribution in [0.3, 0.4) is 0 Å². The van der Waals surface area contributed by atoms with Crippen LogP contribution < -0.4 is 4.90 Å². The highest BCUT2D eigenvalue weighted by atomic mass is 32.1. The molecule has 0 spiro atoms. The van der Waals surface area contributed by atoms with Crippen molar-refractivity contribution in [1.29, 1.82) is 5.26 Å². The smallest absolute Gasteiger partial charge is 0.250 e. The van der Waals surface area contributed by atoms with E-state index in [4.69, 9.17) is 4.99 Å². The summed E-state index contributed by atoms with van der Waals surface area (Å²) < 4.78 is 0. The molecule has 0 saturated carbocycles. The van der Waals surface area contributed by atoms with Gasteiger partial charge in [0.15, 0.2) is 0 Å². The van der Waals surface area contributed by atoms with Crippen LogP contribution in [0.2, 0.25) is 0 Å². The first-order chi connectivity index (χ1) is 12.2. The molecule has 126 valence electrons. The van der Waals surface area contributed by atoms with Gasteiger partial charge in [-0.3, -0.25) is 14.7 Å². The Bertz CT molecular complexity index is 920. The average molecular weight is 349 g/mol. The molecule has 1 aliphatic heterocycles. The Hall–Kier alpha value is -2.45. The van der Waals surface area contributed by atoms with E-state index in [1.54, 1.807) is 16.2 Å². The van der Waals surface area contributed by atoms with Crippen LogP contribution in [0.5, 0.6) is 0 Å². The number of nitrogens with zero attached hydrogens (tertiary/aromatic N) is 3. The maximum Gasteiger partial charge on any atom is 0.250 e. The number of carbonyl (C=O) groups excluding carboxylic acids is 1. The van der Waals surface area contributed by atoms with E-state index >= 15 is 0 Å². The van der Waals surface area contributed by atoms with E-state index in [2.05, 4.69) is 31.2 Å². The zero-order valence-electron chi connectivity index (χ0n) is 14.2. The van der Waals surface area contributed by atoms with Gasteiger partial charge in [-0.1, -0.05) is 23.8 Å². The van der Waals surface area contributed by atoms with Gasteiger partial charge in [0.05, 0.1) is 11.8 Å². The summed E-state index contributed by atoms with van der Waals surface area (Å²) in [5.41, 5.74) is 5.57. The second kappa shape index (κ2) is 6.45. The lowest BCUT2D eigenvalue weighted by atomic mass is 9.91. The van der Waals surface area contributed by atoms with Crippen molar-refractivity contribution in [3.8, 4) is 6.07 Å². The molecule has 0 N–H and O–H groups in total. The maximum atomic E-state index is 12.6. The van der Waals surface area contributed by atoms with Crippen LogP contribution in [0.15, 0.2) is 29.3 Å². The number of anilines is 1. The molecule has 2 aliphatic rings. The number of aryl methyl sites for hydroxylation is 2. The third-order valence-electron chi connectivity index (χ3n) is 4.83. The van der Waals surface area contributed by atoms with Crippen molar-refractivity contribution in [2.75, 3.05) is 18.0 Å². The van der Waals surface area contributed by atoms with Crippen molar-refractivity contribution in [2.24, 2.45) is 4.99 Å². The molecule has 25 heavy (non-hydrogen) atoms. The van der Waals surface area contributed by atoms with Crippen molar-refractivity contribution in [3.63, 3.8) is 0 Å². The molecule has 0 atom stereocenters. The molecular formula is C20H19N3OS. The third-order valence-corrected chi connectivity index (χ3v) is 6.14. The fourth-order valence-electron chi connectivity index (χ4n) is 3.67. The molecule has 0 radical (unpaired) electrons. The van der Waals surface area contributed by atoms with E-state index < -0.39 is 0 Å². The van der Waals surface area contributed by atoms with Crippen LogP contribution in [0.25, 0.3) is 0 Å².